The van der Waals surface area contributed by atoms with Gasteiger partial charge in [0, 0.05) is 18.5 Å². The monoisotopic (exact) mass is 436 g/mol. The number of aromatic nitrogens is 3. The lowest BCUT2D eigenvalue weighted by molar-refractivity contribution is -0.121. The number of anilines is 1. The van der Waals surface area contributed by atoms with Crippen molar-refractivity contribution in [2.45, 2.75) is 63.3 Å². The van der Waals surface area contributed by atoms with Gasteiger partial charge in [0.25, 0.3) is 0 Å². The Hall–Kier alpha value is -3.09. The summed E-state index contributed by atoms with van der Waals surface area (Å²) >= 11 is 0. The van der Waals surface area contributed by atoms with Crippen molar-refractivity contribution in [1.82, 2.24) is 14.8 Å². The Morgan fingerprint density at radius 3 is 2.50 bits per heavy atom. The fraction of sp³-hybridized carbons (Fsp3) is 0.400. The summed E-state index contributed by atoms with van der Waals surface area (Å²) in [6.07, 6.45) is 7.31. The van der Waals surface area contributed by atoms with Gasteiger partial charge in [-0.25, -0.2) is 8.78 Å². The molecule has 5 nitrogen and oxygen atoms in total. The Labute approximate surface area is 185 Å². The van der Waals surface area contributed by atoms with E-state index < -0.39 is 11.2 Å². The SMILES string of the molecule is O=C(Nc1cc(-c2nnc3n2CCCCC3)ccc1F)C1(c2ccc(F)cc2)CCCC1. The number of carbonyl (C=O) groups is 1. The maximum absolute atomic E-state index is 14.7. The molecule has 1 N–H and O–H groups in total. The van der Waals surface area contributed by atoms with E-state index in [0.29, 0.717) is 18.7 Å². The molecule has 1 aliphatic heterocycles. The van der Waals surface area contributed by atoms with Crippen LogP contribution in [0.2, 0.25) is 0 Å². The zero-order valence-electron chi connectivity index (χ0n) is 17.9. The van der Waals surface area contributed by atoms with Crippen molar-refractivity contribution in [1.29, 1.82) is 0 Å². The summed E-state index contributed by atoms with van der Waals surface area (Å²) in [4.78, 5) is 13.4. The predicted octanol–water partition coefficient (Wildman–Crippen LogP) is 5.40. The molecule has 1 fully saturated rings. The van der Waals surface area contributed by atoms with Gasteiger partial charge in [-0.1, -0.05) is 31.4 Å². The van der Waals surface area contributed by atoms with E-state index in [1.54, 1.807) is 24.3 Å². The predicted molar refractivity (Wildman–Crippen MR) is 118 cm³/mol. The maximum Gasteiger partial charge on any atom is 0.235 e. The molecular weight excluding hydrogens is 410 g/mol. The molecule has 1 amide bonds. The molecule has 0 unspecified atom stereocenters. The number of carbonyl (C=O) groups excluding carboxylic acids is 1. The highest BCUT2D eigenvalue weighted by Gasteiger charge is 2.43. The minimum absolute atomic E-state index is 0.131. The summed E-state index contributed by atoms with van der Waals surface area (Å²) in [7, 11) is 0. The van der Waals surface area contributed by atoms with Crippen LogP contribution in [0.5, 0.6) is 0 Å². The molecular formula is C25H26F2N4O. The lowest BCUT2D eigenvalue weighted by Crippen LogP contribution is -2.38. The molecule has 2 aliphatic rings. The second kappa shape index (κ2) is 8.45. The molecule has 0 bridgehead atoms. The van der Waals surface area contributed by atoms with Gasteiger partial charge in [-0.3, -0.25) is 4.79 Å². The highest BCUT2D eigenvalue weighted by molar-refractivity contribution is 6.00. The van der Waals surface area contributed by atoms with Crippen LogP contribution in [0.1, 0.15) is 56.3 Å². The molecule has 0 atom stereocenters. The third-order valence-electron chi connectivity index (χ3n) is 6.87. The molecule has 0 radical (unpaired) electrons. The lowest BCUT2D eigenvalue weighted by Gasteiger charge is -2.28. The zero-order valence-corrected chi connectivity index (χ0v) is 17.9. The summed E-state index contributed by atoms with van der Waals surface area (Å²) in [6.45, 7) is 0.838. The molecule has 2 aromatic carbocycles. The average Bonchev–Trinajstić information content (AvgIpc) is 3.38. The summed E-state index contributed by atoms with van der Waals surface area (Å²) in [5, 5.41) is 11.5. The van der Waals surface area contributed by atoms with Crippen molar-refractivity contribution in [3.05, 3.63) is 65.5 Å². The van der Waals surface area contributed by atoms with Crippen LogP contribution in [0.4, 0.5) is 14.5 Å². The van der Waals surface area contributed by atoms with Gasteiger partial charge >= 0.3 is 0 Å². The molecule has 5 rings (SSSR count). The van der Waals surface area contributed by atoms with Gasteiger partial charge in [0.1, 0.15) is 17.5 Å². The van der Waals surface area contributed by atoms with E-state index in [1.807, 2.05) is 0 Å². The van der Waals surface area contributed by atoms with Gasteiger partial charge in [-0.2, -0.15) is 0 Å². The van der Waals surface area contributed by atoms with Crippen LogP contribution in [-0.2, 0) is 23.2 Å². The Kier molecular flexibility index (Phi) is 5.49. The Morgan fingerprint density at radius 2 is 1.72 bits per heavy atom. The fourth-order valence-corrected chi connectivity index (χ4v) is 5.10. The molecule has 1 saturated carbocycles. The molecule has 0 saturated heterocycles. The molecule has 32 heavy (non-hydrogen) atoms. The summed E-state index contributed by atoms with van der Waals surface area (Å²) in [6, 6.07) is 10.8. The largest absolute Gasteiger partial charge is 0.323 e. The fourth-order valence-electron chi connectivity index (χ4n) is 5.10. The number of hydrogen-bond acceptors (Lipinski definition) is 3. The first-order valence-electron chi connectivity index (χ1n) is 11.4. The smallest absolute Gasteiger partial charge is 0.235 e. The number of fused-ring (bicyclic) bond motifs is 1. The first kappa shape index (κ1) is 20.8. The van der Waals surface area contributed by atoms with Crippen LogP contribution < -0.4 is 5.32 Å². The van der Waals surface area contributed by atoms with Crippen molar-refractivity contribution in [3.8, 4) is 11.4 Å². The van der Waals surface area contributed by atoms with Gasteiger partial charge in [0.15, 0.2) is 5.82 Å². The Morgan fingerprint density at radius 1 is 0.938 bits per heavy atom. The minimum Gasteiger partial charge on any atom is -0.323 e. The average molecular weight is 437 g/mol. The van der Waals surface area contributed by atoms with Crippen LogP contribution in [0, 0.1) is 11.6 Å². The van der Waals surface area contributed by atoms with Crippen LogP contribution in [0.25, 0.3) is 11.4 Å². The number of halogens is 2. The summed E-state index contributed by atoms with van der Waals surface area (Å²) in [5.41, 5.74) is 0.854. The van der Waals surface area contributed by atoms with Crippen molar-refractivity contribution >= 4 is 11.6 Å². The number of nitrogens with zero attached hydrogens (tertiary/aromatic N) is 3. The quantitative estimate of drug-likeness (QED) is 0.596. The molecule has 3 aromatic rings. The van der Waals surface area contributed by atoms with E-state index in [1.165, 1.54) is 18.2 Å². The van der Waals surface area contributed by atoms with E-state index >= 15 is 0 Å². The number of benzene rings is 2. The van der Waals surface area contributed by atoms with Gasteiger partial charge < -0.3 is 9.88 Å². The van der Waals surface area contributed by atoms with Crippen molar-refractivity contribution in [2.75, 3.05) is 5.32 Å². The van der Waals surface area contributed by atoms with E-state index in [0.717, 1.165) is 62.0 Å². The van der Waals surface area contributed by atoms with Crippen molar-refractivity contribution in [2.24, 2.45) is 0 Å². The standard InChI is InChI=1S/C25H26F2N4O/c26-19-10-8-18(9-11-19)25(13-3-4-14-25)24(32)28-21-16-17(7-12-20(21)27)23-30-29-22-6-2-1-5-15-31(22)23/h7-12,16H,1-6,13-15H2,(H,28,32). The first-order valence-corrected chi connectivity index (χ1v) is 11.4. The van der Waals surface area contributed by atoms with E-state index in [9.17, 15) is 13.6 Å². The van der Waals surface area contributed by atoms with Gasteiger partial charge in [0.2, 0.25) is 5.91 Å². The highest BCUT2D eigenvalue weighted by Crippen LogP contribution is 2.42. The zero-order chi connectivity index (χ0) is 22.1. The van der Waals surface area contributed by atoms with Gasteiger partial charge in [-0.05, 0) is 61.6 Å². The van der Waals surface area contributed by atoms with Crippen LogP contribution in [0.15, 0.2) is 42.5 Å². The molecule has 7 heteroatoms. The second-order valence-electron chi connectivity index (χ2n) is 8.85. The molecule has 1 aliphatic carbocycles. The van der Waals surface area contributed by atoms with Gasteiger partial charge in [0.05, 0.1) is 11.1 Å². The van der Waals surface area contributed by atoms with Crippen LogP contribution in [0.3, 0.4) is 0 Å². The third-order valence-corrected chi connectivity index (χ3v) is 6.87. The second-order valence-corrected chi connectivity index (χ2v) is 8.85. The number of aryl methyl sites for hydroxylation is 1. The Balaban J connectivity index is 1.46. The maximum atomic E-state index is 14.7. The highest BCUT2D eigenvalue weighted by atomic mass is 19.1. The third kappa shape index (κ3) is 3.70. The first-order chi connectivity index (χ1) is 15.6. The normalized spacial score (nSPS) is 17.6. The topological polar surface area (TPSA) is 59.8 Å². The summed E-state index contributed by atoms with van der Waals surface area (Å²) in [5.74, 6) is 0.566. The van der Waals surface area contributed by atoms with Crippen LogP contribution >= 0.6 is 0 Å². The molecule has 166 valence electrons. The number of hydrogen-bond donors (Lipinski definition) is 1. The molecule has 2 heterocycles. The number of nitrogens with one attached hydrogen (secondary N) is 1. The van der Waals surface area contributed by atoms with E-state index in [-0.39, 0.29) is 17.4 Å². The number of rotatable bonds is 4. The Bertz CT molecular complexity index is 1130. The van der Waals surface area contributed by atoms with Gasteiger partial charge in [-0.15, -0.1) is 10.2 Å². The lowest BCUT2D eigenvalue weighted by atomic mass is 9.78. The minimum atomic E-state index is -0.776. The van der Waals surface area contributed by atoms with Crippen molar-refractivity contribution in [3.63, 3.8) is 0 Å². The summed E-state index contributed by atoms with van der Waals surface area (Å²) < 4.78 is 30.3. The van der Waals surface area contributed by atoms with E-state index in [2.05, 4.69) is 20.1 Å². The van der Waals surface area contributed by atoms with E-state index in [4.69, 9.17) is 0 Å². The molecule has 0 spiro atoms. The molecule has 1 aromatic heterocycles. The van der Waals surface area contributed by atoms with Crippen molar-refractivity contribution < 1.29 is 13.6 Å². The van der Waals surface area contributed by atoms with Crippen LogP contribution in [-0.4, -0.2) is 20.7 Å². The number of amides is 1.